The first-order chi connectivity index (χ1) is 20.2. The Morgan fingerprint density at radius 1 is 1.00 bits per heavy atom. The van der Waals surface area contributed by atoms with Gasteiger partial charge in [-0.2, -0.15) is 0 Å². The lowest BCUT2D eigenvalue weighted by Gasteiger charge is -2.25. The molecule has 1 N–H and O–H groups in total. The molecule has 0 aliphatic carbocycles. The number of halogens is 2. The molecule has 1 unspecified atom stereocenters. The number of aryl methyl sites for hydroxylation is 1. The van der Waals surface area contributed by atoms with Crippen LogP contribution < -0.4 is 19.7 Å². The molecule has 9 heteroatoms. The van der Waals surface area contributed by atoms with Crippen molar-refractivity contribution in [3.8, 4) is 11.5 Å². The number of aromatic nitrogens is 1. The molecule has 216 valence electrons. The van der Waals surface area contributed by atoms with E-state index < -0.39 is 5.41 Å². The molecule has 4 aromatic rings. The van der Waals surface area contributed by atoms with Gasteiger partial charge in [-0.1, -0.05) is 29.3 Å². The van der Waals surface area contributed by atoms with Gasteiger partial charge in [0.1, 0.15) is 11.5 Å². The predicted molar refractivity (Wildman–Crippen MR) is 165 cm³/mol. The fourth-order valence-electron chi connectivity index (χ4n) is 5.34. The topological polar surface area (TPSA) is 80.8 Å². The van der Waals surface area contributed by atoms with Crippen LogP contribution in [0.4, 0.5) is 5.69 Å². The van der Waals surface area contributed by atoms with Crippen LogP contribution in [0.2, 0.25) is 10.0 Å². The molecule has 2 heterocycles. The van der Waals surface area contributed by atoms with Gasteiger partial charge in [-0.05, 0) is 91.1 Å². The Balaban J connectivity index is 1.37. The number of pyridine rings is 1. The van der Waals surface area contributed by atoms with E-state index in [1.807, 2.05) is 43.3 Å². The quantitative estimate of drug-likeness (QED) is 0.216. The van der Waals surface area contributed by atoms with Crippen molar-refractivity contribution in [2.75, 3.05) is 19.1 Å². The van der Waals surface area contributed by atoms with Crippen molar-refractivity contribution in [1.29, 1.82) is 0 Å². The Bertz CT molecular complexity index is 1630. The number of ether oxygens (including phenoxy) is 2. The number of nitrogens with one attached hydrogen (secondary N) is 1. The summed E-state index contributed by atoms with van der Waals surface area (Å²) in [7, 11) is 3.19. The minimum atomic E-state index is -0.859. The number of amides is 2. The summed E-state index contributed by atoms with van der Waals surface area (Å²) in [5.41, 5.74) is 3.85. The molecule has 1 aliphatic heterocycles. The van der Waals surface area contributed by atoms with Crippen LogP contribution in [0.15, 0.2) is 79.1 Å². The van der Waals surface area contributed by atoms with E-state index in [9.17, 15) is 9.59 Å². The largest absolute Gasteiger partial charge is 0.497 e. The smallest absolute Gasteiger partial charge is 0.251 e. The van der Waals surface area contributed by atoms with Gasteiger partial charge in [0.25, 0.3) is 5.91 Å². The molecule has 0 saturated heterocycles. The van der Waals surface area contributed by atoms with Crippen LogP contribution in [0.3, 0.4) is 0 Å². The summed E-state index contributed by atoms with van der Waals surface area (Å²) in [5, 5.41) is 4.02. The lowest BCUT2D eigenvalue weighted by atomic mass is 9.78. The highest BCUT2D eigenvalue weighted by Crippen LogP contribution is 2.47. The van der Waals surface area contributed by atoms with Crippen LogP contribution in [-0.2, 0) is 29.7 Å². The zero-order valence-electron chi connectivity index (χ0n) is 23.6. The van der Waals surface area contributed by atoms with Crippen molar-refractivity contribution in [1.82, 2.24) is 10.3 Å². The lowest BCUT2D eigenvalue weighted by molar-refractivity contribution is -0.123. The highest BCUT2D eigenvalue weighted by atomic mass is 35.5. The monoisotopic (exact) mass is 603 g/mol. The molecule has 0 spiro atoms. The van der Waals surface area contributed by atoms with Gasteiger partial charge >= 0.3 is 0 Å². The lowest BCUT2D eigenvalue weighted by Crippen LogP contribution is -2.38. The summed E-state index contributed by atoms with van der Waals surface area (Å²) in [5.74, 6) is 1.05. The highest BCUT2D eigenvalue weighted by Gasteiger charge is 2.47. The van der Waals surface area contributed by atoms with E-state index in [4.69, 9.17) is 32.7 Å². The second kappa shape index (κ2) is 12.4. The zero-order valence-corrected chi connectivity index (χ0v) is 25.1. The molecule has 5 rings (SSSR count). The van der Waals surface area contributed by atoms with Gasteiger partial charge in [0, 0.05) is 51.9 Å². The van der Waals surface area contributed by atoms with Crippen molar-refractivity contribution < 1.29 is 19.1 Å². The first-order valence-electron chi connectivity index (χ1n) is 13.5. The van der Waals surface area contributed by atoms with Crippen LogP contribution in [0.5, 0.6) is 11.5 Å². The first kappa shape index (κ1) is 29.4. The maximum absolute atomic E-state index is 14.1. The van der Waals surface area contributed by atoms with Gasteiger partial charge in [0.15, 0.2) is 0 Å². The molecule has 1 atom stereocenters. The number of hydrogen-bond donors (Lipinski definition) is 1. The standard InChI is InChI=1S/C33H31Cl2N3O4/c1-33(13-12-22-15-23(7-10-28(22)35)31(39)37-19-21-5-4-14-36-18-21)27-16-25(34)8-11-29(27)38(32(33)40)20-24-6-9-26(41-2)17-30(24)42-3/h4-11,14-18H,12-13,19-20H2,1-3H3,(H,37,39). The van der Waals surface area contributed by atoms with Crippen LogP contribution in [-0.4, -0.2) is 31.0 Å². The molecule has 3 aromatic carbocycles. The fraction of sp³-hybridized carbons (Fsp3) is 0.242. The Kier molecular flexibility index (Phi) is 8.71. The van der Waals surface area contributed by atoms with Crippen LogP contribution in [0.25, 0.3) is 0 Å². The summed E-state index contributed by atoms with van der Waals surface area (Å²) >= 11 is 13.0. The normalized spacial score (nSPS) is 15.8. The van der Waals surface area contributed by atoms with Gasteiger partial charge < -0.3 is 19.7 Å². The molecule has 0 bridgehead atoms. The second-order valence-electron chi connectivity index (χ2n) is 10.4. The van der Waals surface area contributed by atoms with Crippen LogP contribution >= 0.6 is 23.2 Å². The number of rotatable bonds is 10. The van der Waals surface area contributed by atoms with E-state index in [0.717, 1.165) is 27.9 Å². The molecule has 7 nitrogen and oxygen atoms in total. The second-order valence-corrected chi connectivity index (χ2v) is 11.3. The van der Waals surface area contributed by atoms with Gasteiger partial charge in [0.2, 0.25) is 5.91 Å². The number of hydrogen-bond acceptors (Lipinski definition) is 5. The minimum Gasteiger partial charge on any atom is -0.497 e. The molecule has 42 heavy (non-hydrogen) atoms. The molecule has 1 aliphatic rings. The van der Waals surface area contributed by atoms with Gasteiger partial charge in [-0.15, -0.1) is 0 Å². The van der Waals surface area contributed by atoms with E-state index in [1.165, 1.54) is 0 Å². The van der Waals surface area contributed by atoms with Crippen molar-refractivity contribution in [3.05, 3.63) is 117 Å². The summed E-state index contributed by atoms with van der Waals surface area (Å²) in [4.78, 5) is 32.9. The van der Waals surface area contributed by atoms with Crippen LogP contribution in [0.1, 0.15) is 46.0 Å². The third-order valence-electron chi connectivity index (χ3n) is 7.76. The summed E-state index contributed by atoms with van der Waals surface area (Å²) in [6, 6.07) is 20.0. The van der Waals surface area contributed by atoms with E-state index in [1.54, 1.807) is 61.8 Å². The van der Waals surface area contributed by atoms with E-state index in [2.05, 4.69) is 10.3 Å². The highest BCUT2D eigenvalue weighted by molar-refractivity contribution is 6.31. The molecule has 1 aromatic heterocycles. The number of carbonyl (C=O) groups excluding carboxylic acids is 2. The molecular weight excluding hydrogens is 573 g/mol. The third-order valence-corrected chi connectivity index (χ3v) is 8.37. The molecule has 2 amide bonds. The summed E-state index contributed by atoms with van der Waals surface area (Å²) < 4.78 is 10.9. The average Bonchev–Trinajstić information content (AvgIpc) is 3.21. The SMILES string of the molecule is COc1ccc(CN2C(=O)C(C)(CCc3cc(C(=O)NCc4cccnc4)ccc3Cl)c3cc(Cl)ccc32)c(OC)c1. The van der Waals surface area contributed by atoms with E-state index in [-0.39, 0.29) is 11.8 Å². The first-order valence-corrected chi connectivity index (χ1v) is 14.3. The van der Waals surface area contributed by atoms with Crippen molar-refractivity contribution >= 4 is 40.7 Å². The van der Waals surface area contributed by atoms with Crippen molar-refractivity contribution in [2.45, 2.75) is 38.3 Å². The van der Waals surface area contributed by atoms with Gasteiger partial charge in [0.05, 0.1) is 26.2 Å². The number of carbonyl (C=O) groups is 2. The van der Waals surface area contributed by atoms with Crippen molar-refractivity contribution in [2.24, 2.45) is 0 Å². The predicted octanol–water partition coefficient (Wildman–Crippen LogP) is 6.77. The number of nitrogens with zero attached hydrogens (tertiary/aromatic N) is 2. The Hall–Kier alpha value is -4.07. The molecule has 0 fully saturated rings. The summed E-state index contributed by atoms with van der Waals surface area (Å²) in [6.07, 6.45) is 4.35. The Labute approximate surface area is 255 Å². The maximum atomic E-state index is 14.1. The average molecular weight is 605 g/mol. The molecular formula is C33H31Cl2N3O4. The van der Waals surface area contributed by atoms with E-state index >= 15 is 0 Å². The third kappa shape index (κ3) is 5.94. The number of anilines is 1. The van der Waals surface area contributed by atoms with Gasteiger partial charge in [-0.25, -0.2) is 0 Å². The number of benzene rings is 3. The number of methoxy groups -OCH3 is 2. The van der Waals surface area contributed by atoms with Crippen molar-refractivity contribution in [3.63, 3.8) is 0 Å². The van der Waals surface area contributed by atoms with Gasteiger partial charge in [-0.3, -0.25) is 14.6 Å². The fourth-order valence-corrected chi connectivity index (χ4v) is 5.72. The Morgan fingerprint density at radius 2 is 1.83 bits per heavy atom. The Morgan fingerprint density at radius 3 is 2.57 bits per heavy atom. The summed E-state index contributed by atoms with van der Waals surface area (Å²) in [6.45, 7) is 2.63. The molecule has 0 saturated carbocycles. The van der Waals surface area contributed by atoms with E-state index in [0.29, 0.717) is 53.0 Å². The molecule has 0 radical (unpaired) electrons. The maximum Gasteiger partial charge on any atom is 0.251 e. The number of fused-ring (bicyclic) bond motifs is 1. The zero-order chi connectivity index (χ0) is 29.9. The minimum absolute atomic E-state index is 0.0425. The van der Waals surface area contributed by atoms with Crippen LogP contribution in [0, 0.1) is 0 Å².